The summed E-state index contributed by atoms with van der Waals surface area (Å²) in [5.41, 5.74) is 1.89. The molecule has 2 aromatic rings. The first-order valence-corrected chi connectivity index (χ1v) is 8.06. The van der Waals surface area contributed by atoms with Crippen LogP contribution in [0.3, 0.4) is 0 Å². The van der Waals surface area contributed by atoms with Crippen molar-refractivity contribution in [3.05, 3.63) is 35.8 Å². The van der Waals surface area contributed by atoms with E-state index >= 15 is 0 Å². The van der Waals surface area contributed by atoms with E-state index in [1.54, 1.807) is 18.1 Å². The van der Waals surface area contributed by atoms with Crippen LogP contribution >= 0.6 is 0 Å². The van der Waals surface area contributed by atoms with Gasteiger partial charge in [0.05, 0.1) is 25.9 Å². The molecule has 1 aromatic carbocycles. The molecule has 0 aliphatic carbocycles. The first-order valence-electron chi connectivity index (χ1n) is 8.06. The summed E-state index contributed by atoms with van der Waals surface area (Å²) in [7, 11) is 1.62. The summed E-state index contributed by atoms with van der Waals surface area (Å²) in [6.45, 7) is 2.59. The smallest absolute Gasteiger partial charge is 0.317 e. The topological polar surface area (TPSA) is 66.6 Å². The lowest BCUT2D eigenvalue weighted by atomic mass is 10.1. The van der Waals surface area contributed by atoms with Crippen LogP contribution < -0.4 is 5.32 Å². The molecule has 6 nitrogen and oxygen atoms in total. The Labute approximate surface area is 139 Å². The van der Waals surface area contributed by atoms with Gasteiger partial charge in [-0.15, -0.1) is 0 Å². The maximum atomic E-state index is 13.4. The summed E-state index contributed by atoms with van der Waals surface area (Å²) in [6.07, 6.45) is 2.42. The quantitative estimate of drug-likeness (QED) is 0.877. The van der Waals surface area contributed by atoms with Gasteiger partial charge >= 0.3 is 6.03 Å². The average molecular weight is 335 g/mol. The zero-order valence-corrected chi connectivity index (χ0v) is 13.7. The summed E-state index contributed by atoms with van der Waals surface area (Å²) in [4.78, 5) is 17.1. The fourth-order valence-electron chi connectivity index (χ4n) is 2.96. The van der Waals surface area contributed by atoms with Crippen molar-refractivity contribution in [3.8, 4) is 0 Å². The molecule has 130 valence electrons. The lowest BCUT2D eigenvalue weighted by Gasteiger charge is -2.32. The second-order valence-corrected chi connectivity index (χ2v) is 5.88. The number of methoxy groups -OCH3 is 1. The minimum atomic E-state index is -0.259. The number of fused-ring (bicyclic) bond motifs is 1. The van der Waals surface area contributed by atoms with Crippen molar-refractivity contribution >= 4 is 16.9 Å². The number of ether oxygens (including phenoxy) is 2. The van der Waals surface area contributed by atoms with Crippen LogP contribution in [-0.2, 0) is 15.9 Å². The third-order valence-corrected chi connectivity index (χ3v) is 4.18. The fraction of sp³-hybridized carbons (Fsp3) is 0.471. The average Bonchev–Trinajstić information content (AvgIpc) is 2.98. The predicted octanol–water partition coefficient (Wildman–Crippen LogP) is 1.91. The Morgan fingerprint density at radius 1 is 1.54 bits per heavy atom. The van der Waals surface area contributed by atoms with Crippen molar-refractivity contribution in [1.29, 1.82) is 0 Å². The molecule has 24 heavy (non-hydrogen) atoms. The monoisotopic (exact) mass is 335 g/mol. The van der Waals surface area contributed by atoms with Crippen LogP contribution in [0.4, 0.5) is 9.18 Å². The van der Waals surface area contributed by atoms with E-state index in [2.05, 4.69) is 10.3 Å². The number of urea groups is 1. The highest BCUT2D eigenvalue weighted by Gasteiger charge is 2.23. The SMILES string of the molecule is COC[C@H]1CN(C(=O)NCCc2c[nH]c3ccc(F)cc23)CCO1. The molecule has 1 saturated heterocycles. The van der Waals surface area contributed by atoms with Gasteiger partial charge in [-0.05, 0) is 30.2 Å². The van der Waals surface area contributed by atoms with Gasteiger partial charge in [-0.1, -0.05) is 0 Å². The molecular formula is C17H22FN3O3. The van der Waals surface area contributed by atoms with E-state index in [4.69, 9.17) is 9.47 Å². The maximum absolute atomic E-state index is 13.4. The van der Waals surface area contributed by atoms with E-state index in [9.17, 15) is 9.18 Å². The van der Waals surface area contributed by atoms with Gasteiger partial charge in [0.2, 0.25) is 0 Å². The Kier molecular flexibility index (Phi) is 5.32. The number of hydrogen-bond acceptors (Lipinski definition) is 3. The van der Waals surface area contributed by atoms with Crippen molar-refractivity contribution in [2.45, 2.75) is 12.5 Å². The zero-order chi connectivity index (χ0) is 16.9. The molecule has 3 rings (SSSR count). The summed E-state index contributed by atoms with van der Waals surface area (Å²) < 4.78 is 24.0. The highest BCUT2D eigenvalue weighted by molar-refractivity contribution is 5.83. The Morgan fingerprint density at radius 2 is 2.42 bits per heavy atom. The molecular weight excluding hydrogens is 313 g/mol. The standard InChI is InChI=1S/C17H22FN3O3/c1-23-11-14-10-21(6-7-24-14)17(22)19-5-4-12-9-20-16-3-2-13(18)8-15(12)16/h2-3,8-9,14,20H,4-7,10-11H2,1H3,(H,19,22)/t14-/m1/s1. The molecule has 2 amide bonds. The van der Waals surface area contributed by atoms with Crippen LogP contribution in [-0.4, -0.2) is 62.0 Å². The van der Waals surface area contributed by atoms with E-state index in [1.165, 1.54) is 12.1 Å². The van der Waals surface area contributed by atoms with Crippen molar-refractivity contribution in [2.24, 2.45) is 0 Å². The molecule has 7 heteroatoms. The number of nitrogens with one attached hydrogen (secondary N) is 2. The van der Waals surface area contributed by atoms with Gasteiger partial charge < -0.3 is 24.7 Å². The summed E-state index contributed by atoms with van der Waals surface area (Å²) in [6, 6.07) is 4.56. The van der Waals surface area contributed by atoms with Gasteiger partial charge in [-0.25, -0.2) is 9.18 Å². The van der Waals surface area contributed by atoms with Crippen LogP contribution in [0.25, 0.3) is 10.9 Å². The largest absolute Gasteiger partial charge is 0.382 e. The molecule has 0 radical (unpaired) electrons. The number of nitrogens with zero attached hydrogens (tertiary/aromatic N) is 1. The molecule has 2 heterocycles. The number of amides is 2. The van der Waals surface area contributed by atoms with Crippen molar-refractivity contribution in [3.63, 3.8) is 0 Å². The van der Waals surface area contributed by atoms with E-state index in [0.717, 1.165) is 16.5 Å². The first-order chi connectivity index (χ1) is 11.7. The Morgan fingerprint density at radius 3 is 3.25 bits per heavy atom. The highest BCUT2D eigenvalue weighted by Crippen LogP contribution is 2.19. The van der Waals surface area contributed by atoms with E-state index in [0.29, 0.717) is 39.3 Å². The van der Waals surface area contributed by atoms with Gasteiger partial charge in [0, 0.05) is 37.3 Å². The number of halogens is 1. The Hall–Kier alpha value is -2.12. The number of hydrogen-bond donors (Lipinski definition) is 2. The number of aromatic amines is 1. The van der Waals surface area contributed by atoms with Gasteiger partial charge in [0.25, 0.3) is 0 Å². The minimum Gasteiger partial charge on any atom is -0.382 e. The van der Waals surface area contributed by atoms with Crippen LogP contribution in [0.15, 0.2) is 24.4 Å². The molecule has 0 saturated carbocycles. The Balaban J connectivity index is 1.52. The lowest BCUT2D eigenvalue weighted by Crippen LogP contribution is -2.51. The normalized spacial score (nSPS) is 18.1. The maximum Gasteiger partial charge on any atom is 0.317 e. The second-order valence-electron chi connectivity index (χ2n) is 5.88. The molecule has 1 aliphatic rings. The minimum absolute atomic E-state index is 0.0777. The number of aromatic nitrogens is 1. The summed E-state index contributed by atoms with van der Waals surface area (Å²) >= 11 is 0. The number of benzene rings is 1. The third-order valence-electron chi connectivity index (χ3n) is 4.18. The molecule has 1 aromatic heterocycles. The molecule has 0 spiro atoms. The lowest BCUT2D eigenvalue weighted by molar-refractivity contribution is -0.0494. The zero-order valence-electron chi connectivity index (χ0n) is 13.7. The number of carbonyl (C=O) groups excluding carboxylic acids is 1. The fourth-order valence-corrected chi connectivity index (χ4v) is 2.96. The Bertz CT molecular complexity index is 701. The molecule has 0 unspecified atom stereocenters. The molecule has 1 atom stereocenters. The van der Waals surface area contributed by atoms with E-state index < -0.39 is 0 Å². The van der Waals surface area contributed by atoms with Gasteiger partial charge in [-0.2, -0.15) is 0 Å². The van der Waals surface area contributed by atoms with Gasteiger partial charge in [-0.3, -0.25) is 0 Å². The summed E-state index contributed by atoms with van der Waals surface area (Å²) in [5.74, 6) is -0.259. The first kappa shape index (κ1) is 16.7. The van der Waals surface area contributed by atoms with E-state index in [-0.39, 0.29) is 18.0 Å². The number of carbonyl (C=O) groups is 1. The van der Waals surface area contributed by atoms with Gasteiger partial charge in [0.15, 0.2) is 0 Å². The molecule has 1 fully saturated rings. The predicted molar refractivity (Wildman–Crippen MR) is 88.5 cm³/mol. The van der Waals surface area contributed by atoms with Crippen LogP contribution in [0.1, 0.15) is 5.56 Å². The number of H-pyrrole nitrogens is 1. The van der Waals surface area contributed by atoms with Gasteiger partial charge in [0.1, 0.15) is 5.82 Å². The summed E-state index contributed by atoms with van der Waals surface area (Å²) in [5, 5.41) is 3.77. The second kappa shape index (κ2) is 7.63. The van der Waals surface area contributed by atoms with Crippen LogP contribution in [0, 0.1) is 5.82 Å². The number of rotatable bonds is 5. The number of morpholine rings is 1. The van der Waals surface area contributed by atoms with Crippen molar-refractivity contribution in [2.75, 3.05) is 40.0 Å². The van der Waals surface area contributed by atoms with E-state index in [1.807, 2.05) is 6.20 Å². The molecule has 2 N–H and O–H groups in total. The van der Waals surface area contributed by atoms with Crippen molar-refractivity contribution < 1.29 is 18.7 Å². The molecule has 0 bridgehead atoms. The van der Waals surface area contributed by atoms with Crippen molar-refractivity contribution in [1.82, 2.24) is 15.2 Å². The highest BCUT2D eigenvalue weighted by atomic mass is 19.1. The van der Waals surface area contributed by atoms with Crippen LogP contribution in [0.5, 0.6) is 0 Å². The third kappa shape index (κ3) is 3.85. The van der Waals surface area contributed by atoms with Crippen LogP contribution in [0.2, 0.25) is 0 Å². The molecule has 1 aliphatic heterocycles.